The van der Waals surface area contributed by atoms with E-state index in [9.17, 15) is 18.0 Å². The molecular formula is C26H30N4O4S. The van der Waals surface area contributed by atoms with Crippen LogP contribution >= 0.6 is 0 Å². The van der Waals surface area contributed by atoms with Crippen molar-refractivity contribution in [2.24, 2.45) is 5.41 Å². The van der Waals surface area contributed by atoms with Crippen molar-refractivity contribution in [2.75, 3.05) is 27.2 Å². The number of nitrogens with one attached hydrogen (secondary N) is 4. The minimum Gasteiger partial charge on any atom is -0.385 e. The molecule has 0 unspecified atom stereocenters. The number of sulfonamides is 1. The number of rotatable bonds is 8. The number of para-hydroxylation sites is 1. The first kappa shape index (κ1) is 25.8. The van der Waals surface area contributed by atoms with E-state index < -0.39 is 15.4 Å². The second-order valence-electron chi connectivity index (χ2n) is 8.94. The molecule has 3 aromatic rings. The van der Waals surface area contributed by atoms with E-state index in [1.165, 1.54) is 12.1 Å². The zero-order chi connectivity index (χ0) is 25.6. The van der Waals surface area contributed by atoms with Gasteiger partial charge in [-0.25, -0.2) is 8.42 Å². The second kappa shape index (κ2) is 10.6. The standard InChI is InChI=1S/C26H30N4O4S/c1-5-27-23-12-7-6-11-22(23)24(31)28-20-9-8-10-21(17-20)35(33,34)30-19-15-13-18(14-16-19)29-25(32)26(2,3)4/h6-17,27,30H,5H2,1-4H3,(H,28,31)(H,29,32). The molecule has 0 fully saturated rings. The monoisotopic (exact) mass is 494 g/mol. The highest BCUT2D eigenvalue weighted by Crippen LogP contribution is 2.23. The van der Waals surface area contributed by atoms with Gasteiger partial charge in [0.05, 0.1) is 10.5 Å². The van der Waals surface area contributed by atoms with Crippen LogP contribution in [0.4, 0.5) is 22.7 Å². The Kier molecular flexibility index (Phi) is 7.81. The van der Waals surface area contributed by atoms with E-state index in [-0.39, 0.29) is 16.7 Å². The van der Waals surface area contributed by atoms with Crippen LogP contribution in [-0.2, 0) is 14.8 Å². The summed E-state index contributed by atoms with van der Waals surface area (Å²) in [4.78, 5) is 24.9. The summed E-state index contributed by atoms with van der Waals surface area (Å²) in [6.45, 7) is 8.02. The predicted octanol–water partition coefficient (Wildman–Crippen LogP) is 5.16. The normalized spacial score (nSPS) is 11.4. The highest BCUT2D eigenvalue weighted by molar-refractivity contribution is 7.92. The largest absolute Gasteiger partial charge is 0.385 e. The van der Waals surface area contributed by atoms with Gasteiger partial charge >= 0.3 is 0 Å². The first-order chi connectivity index (χ1) is 16.5. The van der Waals surface area contributed by atoms with E-state index in [0.717, 1.165) is 0 Å². The first-order valence-corrected chi connectivity index (χ1v) is 12.7. The molecule has 0 atom stereocenters. The zero-order valence-electron chi connectivity index (χ0n) is 20.2. The van der Waals surface area contributed by atoms with Crippen LogP contribution in [0.1, 0.15) is 38.1 Å². The Hall–Kier alpha value is -3.85. The molecule has 0 bridgehead atoms. The summed E-state index contributed by atoms with van der Waals surface area (Å²) in [5, 5.41) is 8.69. The van der Waals surface area contributed by atoms with Gasteiger partial charge in [0.2, 0.25) is 5.91 Å². The number of hydrogen-bond acceptors (Lipinski definition) is 5. The summed E-state index contributed by atoms with van der Waals surface area (Å²) in [7, 11) is -3.91. The van der Waals surface area contributed by atoms with Gasteiger partial charge in [0.1, 0.15) is 0 Å². The highest BCUT2D eigenvalue weighted by Gasteiger charge is 2.21. The lowest BCUT2D eigenvalue weighted by molar-refractivity contribution is -0.123. The number of carbonyl (C=O) groups is 2. The van der Waals surface area contributed by atoms with Crippen molar-refractivity contribution < 1.29 is 18.0 Å². The van der Waals surface area contributed by atoms with Crippen LogP contribution < -0.4 is 20.7 Å². The molecule has 9 heteroatoms. The molecule has 0 aliphatic carbocycles. The van der Waals surface area contributed by atoms with Crippen LogP contribution in [0.5, 0.6) is 0 Å². The maximum atomic E-state index is 12.9. The van der Waals surface area contributed by atoms with Gasteiger partial charge in [-0.15, -0.1) is 0 Å². The van der Waals surface area contributed by atoms with Gasteiger partial charge in [-0.1, -0.05) is 39.0 Å². The highest BCUT2D eigenvalue weighted by atomic mass is 32.2. The van der Waals surface area contributed by atoms with E-state index in [2.05, 4.69) is 20.7 Å². The molecule has 0 heterocycles. The van der Waals surface area contributed by atoms with Crippen LogP contribution in [0.2, 0.25) is 0 Å². The lowest BCUT2D eigenvalue weighted by Crippen LogP contribution is -2.27. The molecule has 0 radical (unpaired) electrons. The lowest BCUT2D eigenvalue weighted by Gasteiger charge is -2.18. The van der Waals surface area contributed by atoms with Crippen molar-refractivity contribution in [3.63, 3.8) is 0 Å². The molecule has 184 valence electrons. The summed E-state index contributed by atoms with van der Waals surface area (Å²) in [6.07, 6.45) is 0. The number of anilines is 4. The van der Waals surface area contributed by atoms with Crippen molar-refractivity contribution in [3.8, 4) is 0 Å². The molecule has 35 heavy (non-hydrogen) atoms. The van der Waals surface area contributed by atoms with Gasteiger partial charge in [0.25, 0.3) is 15.9 Å². The Morgan fingerprint density at radius 3 is 2.11 bits per heavy atom. The van der Waals surface area contributed by atoms with Crippen LogP contribution in [0.25, 0.3) is 0 Å². The van der Waals surface area contributed by atoms with E-state index in [1.807, 2.05) is 39.8 Å². The molecule has 8 nitrogen and oxygen atoms in total. The summed E-state index contributed by atoms with van der Waals surface area (Å²) in [5.41, 5.74) is 1.86. The quantitative estimate of drug-likeness (QED) is 0.345. The average Bonchev–Trinajstić information content (AvgIpc) is 2.80. The van der Waals surface area contributed by atoms with Gasteiger partial charge in [-0.3, -0.25) is 14.3 Å². The molecule has 3 aromatic carbocycles. The fraction of sp³-hybridized carbons (Fsp3) is 0.231. The van der Waals surface area contributed by atoms with Crippen LogP contribution in [0.3, 0.4) is 0 Å². The third kappa shape index (κ3) is 6.83. The number of hydrogen-bond donors (Lipinski definition) is 4. The summed E-state index contributed by atoms with van der Waals surface area (Å²) in [5.74, 6) is -0.491. The summed E-state index contributed by atoms with van der Waals surface area (Å²) in [6, 6.07) is 19.5. The van der Waals surface area contributed by atoms with E-state index in [1.54, 1.807) is 48.5 Å². The Balaban J connectivity index is 1.73. The van der Waals surface area contributed by atoms with Gasteiger partial charge in [0, 0.05) is 34.7 Å². The molecular weight excluding hydrogens is 464 g/mol. The molecule has 0 aromatic heterocycles. The molecule has 4 N–H and O–H groups in total. The minimum atomic E-state index is -3.91. The topological polar surface area (TPSA) is 116 Å². The summed E-state index contributed by atoms with van der Waals surface area (Å²) >= 11 is 0. The molecule has 2 amide bonds. The molecule has 0 saturated heterocycles. The van der Waals surface area contributed by atoms with Crippen LogP contribution in [0, 0.1) is 5.41 Å². The third-order valence-corrected chi connectivity index (χ3v) is 6.40. The maximum Gasteiger partial charge on any atom is 0.261 e. The van der Waals surface area contributed by atoms with Crippen molar-refractivity contribution in [1.82, 2.24) is 0 Å². The Morgan fingerprint density at radius 2 is 1.46 bits per heavy atom. The third-order valence-electron chi connectivity index (χ3n) is 5.02. The van der Waals surface area contributed by atoms with Gasteiger partial charge < -0.3 is 16.0 Å². The Labute approximate surface area is 206 Å². The Bertz CT molecular complexity index is 1310. The molecule has 0 spiro atoms. The van der Waals surface area contributed by atoms with Crippen molar-refractivity contribution >= 4 is 44.6 Å². The second-order valence-corrected chi connectivity index (χ2v) is 10.6. The SMILES string of the molecule is CCNc1ccccc1C(=O)Nc1cccc(S(=O)(=O)Nc2ccc(NC(=O)C(C)(C)C)cc2)c1. The van der Waals surface area contributed by atoms with Crippen molar-refractivity contribution in [3.05, 3.63) is 78.4 Å². The van der Waals surface area contributed by atoms with Gasteiger partial charge in [-0.2, -0.15) is 0 Å². The van der Waals surface area contributed by atoms with Crippen LogP contribution in [0.15, 0.2) is 77.7 Å². The smallest absolute Gasteiger partial charge is 0.261 e. The molecule has 3 rings (SSSR count). The fourth-order valence-electron chi connectivity index (χ4n) is 3.12. The van der Waals surface area contributed by atoms with Crippen LogP contribution in [-0.4, -0.2) is 26.8 Å². The van der Waals surface area contributed by atoms with Crippen molar-refractivity contribution in [2.45, 2.75) is 32.6 Å². The van der Waals surface area contributed by atoms with E-state index in [0.29, 0.717) is 34.9 Å². The van der Waals surface area contributed by atoms with Gasteiger partial charge in [0.15, 0.2) is 0 Å². The summed E-state index contributed by atoms with van der Waals surface area (Å²) < 4.78 is 28.4. The number of benzene rings is 3. The minimum absolute atomic E-state index is 0.000352. The molecule has 0 aliphatic rings. The van der Waals surface area contributed by atoms with Gasteiger partial charge in [-0.05, 0) is 61.5 Å². The zero-order valence-corrected chi connectivity index (χ0v) is 21.0. The van der Waals surface area contributed by atoms with Crippen molar-refractivity contribution in [1.29, 1.82) is 0 Å². The average molecular weight is 495 g/mol. The number of amides is 2. The number of carbonyl (C=O) groups excluding carboxylic acids is 2. The maximum absolute atomic E-state index is 12.9. The lowest BCUT2D eigenvalue weighted by atomic mass is 9.95. The predicted molar refractivity (Wildman–Crippen MR) is 140 cm³/mol. The fourth-order valence-corrected chi connectivity index (χ4v) is 4.22. The van der Waals surface area contributed by atoms with E-state index >= 15 is 0 Å². The molecule has 0 aliphatic heterocycles. The Morgan fingerprint density at radius 1 is 0.800 bits per heavy atom. The first-order valence-electron chi connectivity index (χ1n) is 11.2. The molecule has 0 saturated carbocycles. The van der Waals surface area contributed by atoms with E-state index in [4.69, 9.17) is 0 Å².